The Bertz CT molecular complexity index is 1120. The van der Waals surface area contributed by atoms with Crippen molar-refractivity contribution >= 4 is 33.7 Å². The zero-order chi connectivity index (χ0) is 18.3. The van der Waals surface area contributed by atoms with Crippen molar-refractivity contribution in [1.82, 2.24) is 0 Å². The van der Waals surface area contributed by atoms with Crippen LogP contribution in [0.4, 0.5) is 0 Å². The molecule has 0 aromatic heterocycles. The average Bonchev–Trinajstić information content (AvgIpc) is 3.15. The molecule has 0 aliphatic heterocycles. The molecule has 0 amide bonds. The van der Waals surface area contributed by atoms with E-state index in [1.165, 1.54) is 77.2 Å². The Labute approximate surface area is 156 Å². The molecule has 0 fully saturated rings. The first-order valence-electron chi connectivity index (χ1n) is 9.72. The third-order valence-corrected chi connectivity index (χ3v) is 6.70. The Balaban J connectivity index is 2.06. The molecule has 5 rings (SSSR count). The van der Waals surface area contributed by atoms with E-state index in [0.717, 1.165) is 12.8 Å². The van der Waals surface area contributed by atoms with E-state index in [1.807, 2.05) is 0 Å². The van der Waals surface area contributed by atoms with Crippen LogP contribution in [0.25, 0.3) is 33.7 Å². The van der Waals surface area contributed by atoms with E-state index < -0.39 is 0 Å². The minimum Gasteiger partial charge on any atom is -0.0683 e. The minimum atomic E-state index is 1.11. The zero-order valence-corrected chi connectivity index (χ0v) is 16.7. The third-order valence-electron chi connectivity index (χ3n) is 6.70. The lowest BCUT2D eigenvalue weighted by atomic mass is 9.84. The third kappa shape index (κ3) is 1.91. The molecule has 26 heavy (non-hydrogen) atoms. The molecule has 0 atom stereocenters. The van der Waals surface area contributed by atoms with Crippen molar-refractivity contribution in [1.29, 1.82) is 0 Å². The number of allylic oxidation sites excluding steroid dienone is 2. The molecule has 0 saturated heterocycles. The molecule has 3 aromatic carbocycles. The van der Waals surface area contributed by atoms with E-state index in [1.54, 1.807) is 0 Å². The maximum absolute atomic E-state index is 2.45. The predicted octanol–water partition coefficient (Wildman–Crippen LogP) is 7.15. The standard InChI is InChI=1S/C26H26/c1-13-7-19-15(3)11-23-24-12-16(4)20-8-14(2)10-22(20)26(24)18(6)17(5)25(23)21(19)9-13/h9-12H,7-8H2,1-6H3. The second kappa shape index (κ2) is 5.10. The Hall–Kier alpha value is -2.34. The molecule has 2 aliphatic rings. The predicted molar refractivity (Wildman–Crippen MR) is 115 cm³/mol. The molecule has 0 radical (unpaired) electrons. The van der Waals surface area contributed by atoms with Crippen LogP contribution in [0, 0.1) is 27.7 Å². The number of aryl methyl sites for hydroxylation is 4. The lowest BCUT2D eigenvalue weighted by molar-refractivity contribution is 1.16. The summed E-state index contributed by atoms with van der Waals surface area (Å²) in [4.78, 5) is 0. The number of hydrogen-bond acceptors (Lipinski definition) is 0. The Morgan fingerprint density at radius 3 is 1.35 bits per heavy atom. The summed E-state index contributed by atoms with van der Waals surface area (Å²) in [5.74, 6) is 0. The molecule has 130 valence electrons. The van der Waals surface area contributed by atoms with Crippen LogP contribution in [0.1, 0.15) is 58.4 Å². The molecule has 2 aliphatic carbocycles. The average molecular weight is 338 g/mol. The first kappa shape index (κ1) is 15.9. The number of rotatable bonds is 0. The van der Waals surface area contributed by atoms with E-state index >= 15 is 0 Å². The van der Waals surface area contributed by atoms with Gasteiger partial charge < -0.3 is 0 Å². The number of benzene rings is 3. The Morgan fingerprint density at radius 1 is 0.577 bits per heavy atom. The van der Waals surface area contributed by atoms with E-state index in [0.29, 0.717) is 0 Å². The van der Waals surface area contributed by atoms with Crippen LogP contribution in [0.3, 0.4) is 0 Å². The van der Waals surface area contributed by atoms with Gasteiger partial charge in [0.15, 0.2) is 0 Å². The summed E-state index contributed by atoms with van der Waals surface area (Å²) >= 11 is 0. The summed E-state index contributed by atoms with van der Waals surface area (Å²) in [5.41, 5.74) is 14.8. The summed E-state index contributed by atoms with van der Waals surface area (Å²) in [6.07, 6.45) is 7.07. The molecule has 0 nitrogen and oxygen atoms in total. The number of hydrogen-bond donors (Lipinski definition) is 0. The van der Waals surface area contributed by atoms with Gasteiger partial charge in [0.25, 0.3) is 0 Å². The van der Waals surface area contributed by atoms with Gasteiger partial charge in [-0.25, -0.2) is 0 Å². The highest BCUT2D eigenvalue weighted by Crippen LogP contribution is 2.44. The van der Waals surface area contributed by atoms with Crippen molar-refractivity contribution in [3.8, 4) is 0 Å². The topological polar surface area (TPSA) is 0 Å². The molecule has 0 bridgehead atoms. The van der Waals surface area contributed by atoms with Crippen LogP contribution >= 0.6 is 0 Å². The van der Waals surface area contributed by atoms with E-state index in [4.69, 9.17) is 0 Å². The second-order valence-electron chi connectivity index (χ2n) is 8.60. The van der Waals surface area contributed by atoms with Crippen molar-refractivity contribution in [2.45, 2.75) is 54.4 Å². The van der Waals surface area contributed by atoms with Crippen LogP contribution in [0.2, 0.25) is 0 Å². The van der Waals surface area contributed by atoms with Gasteiger partial charge in [-0.05, 0) is 120 Å². The fraction of sp³-hybridized carbons (Fsp3) is 0.308. The molecular weight excluding hydrogens is 312 g/mol. The molecular formula is C26H26. The fourth-order valence-corrected chi connectivity index (χ4v) is 5.32. The molecule has 3 aromatic rings. The highest BCUT2D eigenvalue weighted by molar-refractivity contribution is 6.16. The van der Waals surface area contributed by atoms with Gasteiger partial charge in [-0.15, -0.1) is 0 Å². The summed E-state index contributed by atoms with van der Waals surface area (Å²) < 4.78 is 0. The van der Waals surface area contributed by atoms with Crippen molar-refractivity contribution in [2.75, 3.05) is 0 Å². The first-order chi connectivity index (χ1) is 12.4. The van der Waals surface area contributed by atoms with E-state index in [2.05, 4.69) is 65.8 Å². The van der Waals surface area contributed by atoms with E-state index in [9.17, 15) is 0 Å². The zero-order valence-electron chi connectivity index (χ0n) is 16.7. The van der Waals surface area contributed by atoms with Gasteiger partial charge >= 0.3 is 0 Å². The first-order valence-corrected chi connectivity index (χ1v) is 9.72. The van der Waals surface area contributed by atoms with Gasteiger partial charge in [-0.3, -0.25) is 0 Å². The van der Waals surface area contributed by atoms with E-state index in [-0.39, 0.29) is 0 Å². The lowest BCUT2D eigenvalue weighted by Crippen LogP contribution is -1.99. The van der Waals surface area contributed by atoms with Crippen molar-refractivity contribution in [3.63, 3.8) is 0 Å². The highest BCUT2D eigenvalue weighted by Gasteiger charge is 2.23. The van der Waals surface area contributed by atoms with Crippen LogP contribution in [0.15, 0.2) is 23.3 Å². The molecule has 0 spiro atoms. The maximum Gasteiger partial charge on any atom is -0.00577 e. The molecule has 0 saturated carbocycles. The van der Waals surface area contributed by atoms with Crippen LogP contribution in [-0.4, -0.2) is 0 Å². The quantitative estimate of drug-likeness (QED) is 0.382. The monoisotopic (exact) mass is 338 g/mol. The van der Waals surface area contributed by atoms with Crippen molar-refractivity contribution < 1.29 is 0 Å². The minimum absolute atomic E-state index is 1.11. The van der Waals surface area contributed by atoms with Gasteiger partial charge in [0, 0.05) is 0 Å². The Kier molecular flexibility index (Phi) is 3.11. The summed E-state index contributed by atoms with van der Waals surface area (Å²) in [6, 6.07) is 4.90. The van der Waals surface area contributed by atoms with Crippen molar-refractivity contribution in [3.05, 3.63) is 67.8 Å². The molecule has 0 heteroatoms. The SMILES string of the molecule is CC1=Cc2c(c(C)cc3c2c(C)c(C)c2c4c(c(C)cc23)CC(C)=C4)C1. The van der Waals surface area contributed by atoms with Gasteiger partial charge in [0.2, 0.25) is 0 Å². The Morgan fingerprint density at radius 2 is 0.962 bits per heavy atom. The molecule has 0 N–H and O–H groups in total. The molecule has 0 unspecified atom stereocenters. The van der Waals surface area contributed by atoms with Gasteiger partial charge in [0.05, 0.1) is 0 Å². The fourth-order valence-electron chi connectivity index (χ4n) is 5.32. The molecule has 0 heterocycles. The number of fused-ring (bicyclic) bond motifs is 7. The van der Waals surface area contributed by atoms with Crippen LogP contribution in [0.5, 0.6) is 0 Å². The van der Waals surface area contributed by atoms with Crippen LogP contribution in [-0.2, 0) is 12.8 Å². The van der Waals surface area contributed by atoms with Crippen molar-refractivity contribution in [2.24, 2.45) is 0 Å². The summed E-state index contributed by atoms with van der Waals surface area (Å²) in [6.45, 7) is 13.8. The highest BCUT2D eigenvalue weighted by atomic mass is 14.3. The normalized spacial score (nSPS) is 15.5. The largest absolute Gasteiger partial charge is 0.0683 e. The summed E-state index contributed by atoms with van der Waals surface area (Å²) in [5, 5.41) is 5.83. The van der Waals surface area contributed by atoms with Gasteiger partial charge in [-0.2, -0.15) is 0 Å². The smallest absolute Gasteiger partial charge is 0.00577 e. The van der Waals surface area contributed by atoms with Gasteiger partial charge in [-0.1, -0.05) is 35.4 Å². The van der Waals surface area contributed by atoms with Crippen LogP contribution < -0.4 is 0 Å². The lowest BCUT2D eigenvalue weighted by Gasteiger charge is -2.20. The van der Waals surface area contributed by atoms with Gasteiger partial charge in [0.1, 0.15) is 0 Å². The maximum atomic E-state index is 2.45. The summed E-state index contributed by atoms with van der Waals surface area (Å²) in [7, 11) is 0. The second-order valence-corrected chi connectivity index (χ2v) is 8.60.